The van der Waals surface area contributed by atoms with E-state index in [-0.39, 0.29) is 0 Å². The number of rotatable bonds is 4. The van der Waals surface area contributed by atoms with E-state index in [0.29, 0.717) is 16.8 Å². The zero-order valence-corrected chi connectivity index (χ0v) is 14.1. The van der Waals surface area contributed by atoms with Crippen molar-refractivity contribution in [1.82, 2.24) is 9.97 Å². The van der Waals surface area contributed by atoms with Crippen LogP contribution in [0.2, 0.25) is 5.02 Å². The molecule has 0 unspecified atom stereocenters. The fraction of sp³-hybridized carbons (Fsp3) is 0.250. The van der Waals surface area contributed by atoms with Gasteiger partial charge in [0.05, 0.1) is 18.3 Å². The second-order valence-electron chi connectivity index (χ2n) is 5.19. The van der Waals surface area contributed by atoms with Gasteiger partial charge in [-0.05, 0) is 32.0 Å². The molecule has 4 nitrogen and oxygen atoms in total. The van der Waals surface area contributed by atoms with E-state index in [0.717, 1.165) is 27.4 Å². The van der Waals surface area contributed by atoms with Gasteiger partial charge in [0.15, 0.2) is 5.13 Å². The summed E-state index contributed by atoms with van der Waals surface area (Å²) in [6, 6.07) is 8.10. The first-order valence-corrected chi connectivity index (χ1v) is 8.20. The number of thiazole rings is 1. The molecule has 0 aliphatic carbocycles. The van der Waals surface area contributed by atoms with E-state index in [4.69, 9.17) is 16.3 Å². The molecule has 0 saturated carbocycles. The topological polar surface area (TPSA) is 47.0 Å². The largest absolute Gasteiger partial charge is 0.495 e. The summed E-state index contributed by atoms with van der Waals surface area (Å²) in [5.74, 6) is 0.624. The van der Waals surface area contributed by atoms with Crippen LogP contribution in [0.1, 0.15) is 13.8 Å². The Morgan fingerprint density at radius 2 is 1.91 bits per heavy atom. The van der Waals surface area contributed by atoms with Gasteiger partial charge >= 0.3 is 0 Å². The van der Waals surface area contributed by atoms with Gasteiger partial charge in [-0.2, -0.15) is 0 Å². The van der Waals surface area contributed by atoms with Crippen LogP contribution in [0.25, 0.3) is 22.3 Å². The zero-order chi connectivity index (χ0) is 15.7. The summed E-state index contributed by atoms with van der Waals surface area (Å²) < 4.78 is 5.25. The summed E-state index contributed by atoms with van der Waals surface area (Å²) in [7, 11) is 1.60. The van der Waals surface area contributed by atoms with Crippen molar-refractivity contribution in [3.8, 4) is 17.1 Å². The van der Waals surface area contributed by atoms with Crippen LogP contribution in [-0.2, 0) is 0 Å². The Morgan fingerprint density at radius 3 is 2.64 bits per heavy atom. The molecule has 2 aromatic heterocycles. The summed E-state index contributed by atoms with van der Waals surface area (Å²) in [4.78, 5) is 9.22. The van der Waals surface area contributed by atoms with Crippen molar-refractivity contribution < 1.29 is 4.74 Å². The van der Waals surface area contributed by atoms with E-state index in [1.165, 1.54) is 0 Å². The molecule has 22 heavy (non-hydrogen) atoms. The molecule has 1 aromatic carbocycles. The van der Waals surface area contributed by atoms with E-state index >= 15 is 0 Å². The number of methoxy groups -OCH3 is 1. The zero-order valence-electron chi connectivity index (χ0n) is 12.6. The highest BCUT2D eigenvalue weighted by atomic mass is 35.5. The van der Waals surface area contributed by atoms with E-state index in [1.807, 2.05) is 29.6 Å². The van der Waals surface area contributed by atoms with Crippen molar-refractivity contribution in [1.29, 1.82) is 0 Å². The van der Waals surface area contributed by atoms with Crippen molar-refractivity contribution in [2.45, 2.75) is 19.9 Å². The van der Waals surface area contributed by atoms with Crippen molar-refractivity contribution in [3.63, 3.8) is 0 Å². The van der Waals surface area contributed by atoms with Crippen LogP contribution in [0.3, 0.4) is 0 Å². The number of hydrogen-bond donors (Lipinski definition) is 1. The molecule has 6 heteroatoms. The minimum absolute atomic E-state index is 0.349. The smallest absolute Gasteiger partial charge is 0.183 e. The van der Waals surface area contributed by atoms with Crippen LogP contribution < -0.4 is 10.1 Å². The molecule has 3 aromatic rings. The lowest BCUT2D eigenvalue weighted by atomic mass is 10.2. The molecule has 0 spiro atoms. The van der Waals surface area contributed by atoms with Crippen molar-refractivity contribution in [3.05, 3.63) is 34.7 Å². The summed E-state index contributed by atoms with van der Waals surface area (Å²) >= 11 is 7.93. The number of pyridine rings is 1. The Hall–Kier alpha value is -1.85. The third-order valence-corrected chi connectivity index (χ3v) is 4.30. The van der Waals surface area contributed by atoms with Crippen LogP contribution in [0.4, 0.5) is 5.13 Å². The quantitative estimate of drug-likeness (QED) is 0.742. The summed E-state index contributed by atoms with van der Waals surface area (Å²) in [6.07, 6.45) is 0. The predicted octanol–water partition coefficient (Wildman–Crippen LogP) is 4.84. The highest BCUT2D eigenvalue weighted by Gasteiger charge is 2.11. The molecule has 0 radical (unpaired) electrons. The first-order valence-electron chi connectivity index (χ1n) is 6.94. The average Bonchev–Trinajstić information content (AvgIpc) is 2.95. The van der Waals surface area contributed by atoms with Gasteiger partial charge in [-0.1, -0.05) is 17.7 Å². The molecule has 0 bridgehead atoms. The van der Waals surface area contributed by atoms with Gasteiger partial charge in [0, 0.05) is 16.8 Å². The number of nitrogens with one attached hydrogen (secondary N) is 1. The van der Waals surface area contributed by atoms with Crippen molar-refractivity contribution in [2.24, 2.45) is 0 Å². The molecule has 0 amide bonds. The van der Waals surface area contributed by atoms with Gasteiger partial charge in [0.1, 0.15) is 16.5 Å². The monoisotopic (exact) mass is 333 g/mol. The van der Waals surface area contributed by atoms with E-state index < -0.39 is 0 Å². The maximum Gasteiger partial charge on any atom is 0.183 e. The maximum atomic E-state index is 6.36. The van der Waals surface area contributed by atoms with Gasteiger partial charge in [-0.3, -0.25) is 0 Å². The lowest BCUT2D eigenvalue weighted by molar-refractivity contribution is 0.415. The highest BCUT2D eigenvalue weighted by Crippen LogP contribution is 2.33. The Morgan fingerprint density at radius 1 is 1.14 bits per heavy atom. The van der Waals surface area contributed by atoms with Crippen molar-refractivity contribution >= 4 is 39.0 Å². The van der Waals surface area contributed by atoms with E-state index in [9.17, 15) is 0 Å². The molecule has 0 aliphatic rings. The minimum atomic E-state index is 0.349. The fourth-order valence-electron chi connectivity index (χ4n) is 2.14. The minimum Gasteiger partial charge on any atom is -0.495 e. The number of anilines is 1. The molecule has 0 saturated heterocycles. The summed E-state index contributed by atoms with van der Waals surface area (Å²) in [5.41, 5.74) is 2.37. The lowest BCUT2D eigenvalue weighted by Gasteiger charge is -2.07. The molecular formula is C16H16ClN3OS. The number of ether oxygens (including phenoxy) is 1. The lowest BCUT2D eigenvalue weighted by Crippen LogP contribution is -2.09. The van der Waals surface area contributed by atoms with Crippen LogP contribution in [0.15, 0.2) is 29.6 Å². The third-order valence-electron chi connectivity index (χ3n) is 3.16. The summed E-state index contributed by atoms with van der Waals surface area (Å²) in [6.45, 7) is 4.17. The second-order valence-corrected chi connectivity index (χ2v) is 6.42. The molecule has 114 valence electrons. The number of nitrogens with zero attached hydrogens (tertiary/aromatic N) is 2. The Bertz CT molecular complexity index is 816. The Balaban J connectivity index is 2.04. The molecule has 1 N–H and O–H groups in total. The van der Waals surface area contributed by atoms with Gasteiger partial charge in [-0.25, -0.2) is 9.97 Å². The normalized spacial score (nSPS) is 11.1. The number of halogens is 1. The van der Waals surface area contributed by atoms with E-state index in [2.05, 4.69) is 29.1 Å². The maximum absolute atomic E-state index is 6.36. The SMILES string of the molecule is COc1ccc2ccc(-c3csc(NC(C)C)n3)nc2c1Cl. The molecule has 0 atom stereocenters. The highest BCUT2D eigenvalue weighted by molar-refractivity contribution is 7.14. The fourth-order valence-corrected chi connectivity index (χ4v) is 3.28. The van der Waals surface area contributed by atoms with Crippen LogP contribution in [0, 0.1) is 0 Å². The molecular weight excluding hydrogens is 318 g/mol. The second kappa shape index (κ2) is 6.10. The van der Waals surface area contributed by atoms with Gasteiger partial charge in [0.2, 0.25) is 0 Å². The molecule has 3 rings (SSSR count). The number of benzene rings is 1. The van der Waals surface area contributed by atoms with Gasteiger partial charge in [0.25, 0.3) is 0 Å². The molecule has 0 fully saturated rings. The van der Waals surface area contributed by atoms with Crippen LogP contribution in [-0.4, -0.2) is 23.1 Å². The number of fused-ring (bicyclic) bond motifs is 1. The standard InChI is InChI=1S/C16H16ClN3OS/c1-9(2)18-16-20-12(8-22-16)11-6-4-10-5-7-13(21-3)14(17)15(10)19-11/h4-9H,1-3H3,(H,18,20). The molecule has 2 heterocycles. The first kappa shape index (κ1) is 15.1. The Labute approximate surface area is 138 Å². The van der Waals surface area contributed by atoms with Gasteiger partial charge < -0.3 is 10.1 Å². The molecule has 0 aliphatic heterocycles. The van der Waals surface area contributed by atoms with E-state index in [1.54, 1.807) is 18.4 Å². The van der Waals surface area contributed by atoms with Crippen LogP contribution in [0.5, 0.6) is 5.75 Å². The van der Waals surface area contributed by atoms with Crippen LogP contribution >= 0.6 is 22.9 Å². The number of hydrogen-bond acceptors (Lipinski definition) is 5. The Kier molecular flexibility index (Phi) is 4.18. The third kappa shape index (κ3) is 2.87. The number of aromatic nitrogens is 2. The average molecular weight is 334 g/mol. The predicted molar refractivity (Wildman–Crippen MR) is 93.2 cm³/mol. The first-order chi connectivity index (χ1) is 10.6. The van der Waals surface area contributed by atoms with Gasteiger partial charge in [-0.15, -0.1) is 11.3 Å². The summed E-state index contributed by atoms with van der Waals surface area (Å²) in [5, 5.41) is 7.68. The van der Waals surface area contributed by atoms with Crippen molar-refractivity contribution in [2.75, 3.05) is 12.4 Å².